The van der Waals surface area contributed by atoms with Crippen LogP contribution in [0.15, 0.2) is 60.7 Å². The predicted octanol–water partition coefficient (Wildman–Crippen LogP) is -4.09. The Morgan fingerprint density at radius 2 is 1.66 bits per heavy atom. The van der Waals surface area contributed by atoms with E-state index in [0.717, 1.165) is 64.6 Å². The van der Waals surface area contributed by atoms with Crippen LogP contribution in [0.3, 0.4) is 0 Å². The van der Waals surface area contributed by atoms with Crippen LogP contribution in [0.2, 0.25) is 0 Å². The lowest BCUT2D eigenvalue weighted by Crippen LogP contribution is -2.84. The Morgan fingerprint density at radius 1 is 0.943 bits per heavy atom. The van der Waals surface area contributed by atoms with Gasteiger partial charge in [0.25, 0.3) is 0 Å². The number of nitrogens with one attached hydrogen (secondary N) is 2. The molecule has 0 aliphatic carbocycles. The van der Waals surface area contributed by atoms with Gasteiger partial charge in [-0.25, -0.2) is 18.6 Å². The van der Waals surface area contributed by atoms with Crippen LogP contribution in [0.5, 0.6) is 0 Å². The molecule has 2 aromatic carbocycles. The minimum absolute atomic E-state index is 0. The van der Waals surface area contributed by atoms with Gasteiger partial charge in [0, 0.05) is 45.8 Å². The van der Waals surface area contributed by atoms with Crippen molar-refractivity contribution in [2.45, 2.75) is 19.6 Å². The number of pyridine rings is 1. The van der Waals surface area contributed by atoms with E-state index in [0.29, 0.717) is 0 Å². The zero-order chi connectivity index (χ0) is 24.2. The first-order valence-electron chi connectivity index (χ1n) is 11.4. The average Bonchev–Trinajstić information content (AvgIpc) is 2.80. The molecule has 0 radical (unpaired) electrons. The monoisotopic (exact) mass is 507 g/mol. The van der Waals surface area contributed by atoms with Gasteiger partial charge in [-0.15, -0.1) is 10.2 Å². The van der Waals surface area contributed by atoms with Crippen LogP contribution in [0.25, 0.3) is 10.8 Å². The molecule has 1 aromatic heterocycles. The summed E-state index contributed by atoms with van der Waals surface area (Å²) in [6.45, 7) is 9.08. The summed E-state index contributed by atoms with van der Waals surface area (Å²) in [5.74, 6) is 0. The third-order valence-corrected chi connectivity index (χ3v) is 5.58. The Labute approximate surface area is 207 Å². The van der Waals surface area contributed by atoms with Crippen molar-refractivity contribution in [2.24, 2.45) is 0 Å². The molecule has 1 aliphatic rings. The van der Waals surface area contributed by atoms with Crippen molar-refractivity contribution < 1.29 is 39.7 Å². The number of rotatable bonds is 5. The lowest BCUT2D eigenvalue weighted by Gasteiger charge is -2.22. The molecular weight excluding hydrogens is 474 g/mol. The summed E-state index contributed by atoms with van der Waals surface area (Å²) in [6.07, 6.45) is 0. The number of hydrogen-bond acceptors (Lipinski definition) is 8. The lowest BCUT2D eigenvalue weighted by molar-refractivity contribution is -2.00. The van der Waals surface area contributed by atoms with Crippen LogP contribution in [-0.4, -0.2) is 54.6 Å². The molecular formula is C24H34ClN5O5. The number of nitrogens with two attached hydrogens (primary N) is 1. The second-order valence-electron chi connectivity index (χ2n) is 8.11. The van der Waals surface area contributed by atoms with E-state index in [9.17, 15) is 0 Å². The summed E-state index contributed by atoms with van der Waals surface area (Å²) in [4.78, 5) is 7.28. The summed E-state index contributed by atoms with van der Waals surface area (Å²) < 4.78 is 34.0. The van der Waals surface area contributed by atoms with Crippen LogP contribution >= 0.6 is 0 Å². The highest BCUT2D eigenvalue weighted by atomic mass is 35.7. The molecule has 3 aromatic rings. The quantitative estimate of drug-likeness (QED) is 0.291. The molecule has 0 saturated heterocycles. The van der Waals surface area contributed by atoms with E-state index in [1.54, 1.807) is 0 Å². The van der Waals surface area contributed by atoms with Crippen molar-refractivity contribution in [3.05, 3.63) is 77.6 Å². The van der Waals surface area contributed by atoms with Crippen LogP contribution in [-0.2, 0) is 19.6 Å². The molecule has 4 rings (SSSR count). The largest absolute Gasteiger partial charge is 0.412 e. The predicted molar refractivity (Wildman–Crippen MR) is 122 cm³/mol. The Kier molecular flexibility index (Phi) is 12.4. The van der Waals surface area contributed by atoms with Crippen molar-refractivity contribution in [1.82, 2.24) is 20.5 Å². The number of quaternary nitrogens is 1. The molecule has 0 unspecified atom stereocenters. The van der Waals surface area contributed by atoms with E-state index in [1.165, 1.54) is 22.0 Å². The minimum Gasteiger partial charge on any atom is -0.412 e. The molecule has 0 amide bonds. The van der Waals surface area contributed by atoms with Crippen LogP contribution in [0, 0.1) is 10.2 Å². The summed E-state index contributed by atoms with van der Waals surface area (Å²) in [5.41, 5.74) is 3.69. The third kappa shape index (κ3) is 11.4. The smallest absolute Gasteiger partial charge is 0.118 e. The Balaban J connectivity index is 0.000000656. The Morgan fingerprint density at radius 3 is 2.49 bits per heavy atom. The summed E-state index contributed by atoms with van der Waals surface area (Å²) in [7, 11) is -4.94. The zero-order valence-electron chi connectivity index (χ0n) is 19.6. The summed E-state index contributed by atoms with van der Waals surface area (Å²) in [5, 5.41) is 12.2. The first-order valence-corrected chi connectivity index (χ1v) is 12.6. The number of aromatic nitrogens is 1. The third-order valence-electron chi connectivity index (χ3n) is 5.58. The number of halogens is 1. The van der Waals surface area contributed by atoms with Crippen molar-refractivity contribution in [3.63, 3.8) is 0 Å². The van der Waals surface area contributed by atoms with E-state index >= 15 is 0 Å². The number of hydrogen-bond donors (Lipinski definition) is 3. The highest BCUT2D eigenvalue weighted by Gasteiger charge is 2.08. The molecule has 11 heteroatoms. The average molecular weight is 508 g/mol. The highest BCUT2D eigenvalue weighted by molar-refractivity contribution is 5.85. The molecule has 0 atom stereocenters. The van der Waals surface area contributed by atoms with Gasteiger partial charge in [-0.3, -0.25) is 9.88 Å². The van der Waals surface area contributed by atoms with Crippen LogP contribution in [0.4, 0.5) is 0 Å². The van der Waals surface area contributed by atoms with Gasteiger partial charge in [0.1, 0.15) is 6.54 Å². The maximum absolute atomic E-state index is 8.49. The van der Waals surface area contributed by atoms with Crippen molar-refractivity contribution in [2.75, 3.05) is 39.3 Å². The van der Waals surface area contributed by atoms with E-state index in [1.807, 2.05) is 0 Å². The van der Waals surface area contributed by atoms with Crippen molar-refractivity contribution in [3.8, 4) is 0 Å². The summed E-state index contributed by atoms with van der Waals surface area (Å²) >= 11 is 0. The number of nitrogens with zero attached hydrogens (tertiary/aromatic N) is 2. The minimum atomic E-state index is -4.94. The maximum atomic E-state index is 8.49. The first kappa shape index (κ1) is 29.0. The van der Waals surface area contributed by atoms with Gasteiger partial charge in [0.15, 0.2) is 0 Å². The fraction of sp³-hybridized carbons (Fsp3) is 0.375. The van der Waals surface area contributed by atoms with E-state index < -0.39 is 10.2 Å². The first-order chi connectivity index (χ1) is 16.4. The second kappa shape index (κ2) is 15.0. The molecule has 35 heavy (non-hydrogen) atoms. The molecule has 2 heterocycles. The van der Waals surface area contributed by atoms with Crippen molar-refractivity contribution >= 4 is 10.8 Å². The Hall–Kier alpha value is -2.22. The number of fused-ring (bicyclic) bond motifs is 3. The van der Waals surface area contributed by atoms with Crippen molar-refractivity contribution in [1.29, 1.82) is 0 Å². The fourth-order valence-electron chi connectivity index (χ4n) is 3.96. The summed E-state index contributed by atoms with van der Waals surface area (Å²) in [6, 6.07) is 21.6. The zero-order valence-corrected chi connectivity index (χ0v) is 20.4. The maximum Gasteiger partial charge on any atom is 0.118 e. The molecule has 6 N–H and O–H groups in total. The topological polar surface area (TPSA) is 181 Å². The van der Waals surface area contributed by atoms with E-state index in [4.69, 9.17) is 23.6 Å². The molecule has 10 nitrogen and oxygen atoms in total. The second-order valence-corrected chi connectivity index (χ2v) is 8.87. The fourth-order valence-corrected chi connectivity index (χ4v) is 3.96. The molecule has 2 bridgehead atoms. The van der Waals surface area contributed by atoms with Gasteiger partial charge < -0.3 is 21.4 Å². The molecule has 192 valence electrons. The number of benzene rings is 2. The highest BCUT2D eigenvalue weighted by Crippen LogP contribution is 2.18. The Bertz CT molecular complexity index is 982. The molecule has 0 fully saturated rings. The van der Waals surface area contributed by atoms with E-state index in [-0.39, 0.29) is 5.48 Å². The van der Waals surface area contributed by atoms with Crippen LogP contribution in [0.1, 0.15) is 17.0 Å². The normalized spacial score (nSPS) is 15.2. The molecule has 0 spiro atoms. The molecule has 1 aliphatic heterocycles. The van der Waals surface area contributed by atoms with Gasteiger partial charge in [-0.05, 0) is 28.5 Å². The van der Waals surface area contributed by atoms with Gasteiger partial charge in [-0.2, -0.15) is 0 Å². The van der Waals surface area contributed by atoms with E-state index in [2.05, 4.69) is 81.5 Å². The van der Waals surface area contributed by atoms with Gasteiger partial charge in [-0.1, -0.05) is 48.5 Å². The van der Waals surface area contributed by atoms with Crippen LogP contribution < -0.4 is 34.6 Å². The molecule has 0 saturated carbocycles. The SMILES string of the molecule is O.[O-][Cl+3]([O-])([O-])[O-].c1cc2nc(c1)C[NH2+]CCN(CCNCc1cccc3ccccc13)CCNC2. The van der Waals surface area contributed by atoms with Gasteiger partial charge in [0.05, 0.1) is 17.9 Å². The van der Waals surface area contributed by atoms with Gasteiger partial charge in [0.2, 0.25) is 0 Å². The lowest BCUT2D eigenvalue weighted by atomic mass is 10.0. The van der Waals surface area contributed by atoms with Gasteiger partial charge >= 0.3 is 0 Å². The standard InChI is InChI=1S/C24H31N5.ClHO4.H2O/c1-2-10-24-20(5-1)6-3-7-21(24)17-25-11-14-29-15-12-26-18-22-8-4-9-23(28-22)19-27-13-16-29;2-1(3,4)5;/h1-10,25-27H,11-19H2;(H,2,3,4,5);1H2.